The first-order valence-corrected chi connectivity index (χ1v) is 5.61. The molecule has 0 saturated heterocycles. The van der Waals surface area contributed by atoms with E-state index in [0.717, 1.165) is 4.88 Å². The maximum Gasteiger partial charge on any atom is 0.203 e. The van der Waals surface area contributed by atoms with Gasteiger partial charge in [-0.3, -0.25) is 4.79 Å². The molecular formula is C10H9ClN2OS. The van der Waals surface area contributed by atoms with Crippen LogP contribution in [0.5, 0.6) is 0 Å². The van der Waals surface area contributed by atoms with Crippen LogP contribution in [0.1, 0.15) is 15.5 Å². The number of imidazole rings is 1. The van der Waals surface area contributed by atoms with Crippen molar-refractivity contribution in [3.05, 3.63) is 39.6 Å². The Kier molecular flexibility index (Phi) is 2.88. The van der Waals surface area contributed by atoms with Gasteiger partial charge in [-0.05, 0) is 12.1 Å². The van der Waals surface area contributed by atoms with Crippen LogP contribution in [0.4, 0.5) is 0 Å². The monoisotopic (exact) mass is 240 g/mol. The van der Waals surface area contributed by atoms with Gasteiger partial charge in [0.2, 0.25) is 5.78 Å². The van der Waals surface area contributed by atoms with E-state index in [4.69, 9.17) is 11.6 Å². The molecule has 78 valence electrons. The highest BCUT2D eigenvalue weighted by Gasteiger charge is 2.12. The minimum Gasteiger partial charge on any atom is -0.332 e. The Balaban J connectivity index is 2.14. The highest BCUT2D eigenvalue weighted by Crippen LogP contribution is 2.22. The van der Waals surface area contributed by atoms with Gasteiger partial charge in [-0.15, -0.1) is 11.3 Å². The number of rotatable bonds is 3. The van der Waals surface area contributed by atoms with Gasteiger partial charge in [0.25, 0.3) is 0 Å². The van der Waals surface area contributed by atoms with E-state index < -0.39 is 0 Å². The van der Waals surface area contributed by atoms with Crippen LogP contribution in [0, 0.1) is 0 Å². The molecule has 2 aromatic heterocycles. The Labute approximate surface area is 96.3 Å². The molecule has 0 fully saturated rings. The van der Waals surface area contributed by atoms with Crippen molar-refractivity contribution in [1.29, 1.82) is 0 Å². The van der Waals surface area contributed by atoms with Crippen molar-refractivity contribution >= 4 is 28.7 Å². The molecule has 0 N–H and O–H groups in total. The Morgan fingerprint density at radius 2 is 2.40 bits per heavy atom. The first-order valence-electron chi connectivity index (χ1n) is 4.41. The minimum absolute atomic E-state index is 0.0148. The van der Waals surface area contributed by atoms with Gasteiger partial charge in [0.1, 0.15) is 0 Å². The molecule has 0 aliphatic heterocycles. The smallest absolute Gasteiger partial charge is 0.203 e. The molecule has 2 aromatic rings. The number of aromatic nitrogens is 2. The average molecular weight is 241 g/mol. The summed E-state index contributed by atoms with van der Waals surface area (Å²) in [4.78, 5) is 16.8. The van der Waals surface area contributed by atoms with Crippen LogP contribution < -0.4 is 0 Å². The molecule has 0 aromatic carbocycles. The summed E-state index contributed by atoms with van der Waals surface area (Å²) in [6.45, 7) is 0. The molecule has 0 saturated carbocycles. The highest BCUT2D eigenvalue weighted by atomic mass is 35.5. The summed E-state index contributed by atoms with van der Waals surface area (Å²) in [5.74, 6) is 0.500. The third-order valence-electron chi connectivity index (χ3n) is 2.03. The number of hydrogen-bond donors (Lipinski definition) is 0. The van der Waals surface area contributed by atoms with E-state index >= 15 is 0 Å². The Bertz CT molecular complexity index is 489. The van der Waals surface area contributed by atoms with Crippen molar-refractivity contribution < 1.29 is 4.79 Å². The number of hydrogen-bond acceptors (Lipinski definition) is 3. The normalized spacial score (nSPS) is 10.5. The quantitative estimate of drug-likeness (QED) is 0.773. The fourth-order valence-corrected chi connectivity index (χ4v) is 2.40. The SMILES string of the molecule is Cn1ccnc1C(=O)Cc1ccc(Cl)s1. The van der Waals surface area contributed by atoms with E-state index in [-0.39, 0.29) is 5.78 Å². The highest BCUT2D eigenvalue weighted by molar-refractivity contribution is 7.16. The number of halogens is 1. The van der Waals surface area contributed by atoms with Crippen LogP contribution in [0.15, 0.2) is 24.5 Å². The Hall–Kier alpha value is -1.13. The topological polar surface area (TPSA) is 34.9 Å². The van der Waals surface area contributed by atoms with E-state index in [1.54, 1.807) is 23.0 Å². The maximum absolute atomic E-state index is 11.8. The third kappa shape index (κ3) is 2.27. The molecule has 0 spiro atoms. The zero-order valence-corrected chi connectivity index (χ0v) is 9.68. The lowest BCUT2D eigenvalue weighted by molar-refractivity contribution is 0.0981. The molecule has 2 heterocycles. The zero-order valence-electron chi connectivity index (χ0n) is 8.11. The molecule has 0 radical (unpaired) electrons. The maximum atomic E-state index is 11.8. The van der Waals surface area contributed by atoms with E-state index in [9.17, 15) is 4.79 Å². The molecule has 0 aliphatic rings. The summed E-state index contributed by atoms with van der Waals surface area (Å²) < 4.78 is 2.43. The Morgan fingerprint density at radius 3 is 2.93 bits per heavy atom. The molecule has 0 amide bonds. The number of thiophene rings is 1. The molecule has 3 nitrogen and oxygen atoms in total. The molecule has 0 unspecified atom stereocenters. The van der Waals surface area contributed by atoms with Gasteiger partial charge in [-0.1, -0.05) is 11.6 Å². The van der Waals surface area contributed by atoms with E-state index in [1.165, 1.54) is 11.3 Å². The third-order valence-corrected chi connectivity index (χ3v) is 3.27. The molecule has 0 bridgehead atoms. The number of carbonyl (C=O) groups is 1. The molecule has 15 heavy (non-hydrogen) atoms. The van der Waals surface area contributed by atoms with Gasteiger partial charge in [0.05, 0.1) is 4.34 Å². The van der Waals surface area contributed by atoms with E-state index in [1.807, 2.05) is 13.1 Å². The van der Waals surface area contributed by atoms with Gasteiger partial charge in [-0.2, -0.15) is 0 Å². The van der Waals surface area contributed by atoms with Gasteiger partial charge < -0.3 is 4.57 Å². The first-order chi connectivity index (χ1) is 7.16. The lowest BCUT2D eigenvalue weighted by Gasteiger charge is -1.98. The molecule has 2 rings (SSSR count). The Morgan fingerprint density at radius 1 is 1.60 bits per heavy atom. The summed E-state index contributed by atoms with van der Waals surface area (Å²) in [5.41, 5.74) is 0. The van der Waals surface area contributed by atoms with E-state index in [0.29, 0.717) is 16.6 Å². The summed E-state index contributed by atoms with van der Waals surface area (Å²) in [5, 5.41) is 0. The van der Waals surface area contributed by atoms with Crippen molar-refractivity contribution in [2.45, 2.75) is 6.42 Å². The van der Waals surface area contributed by atoms with Crippen molar-refractivity contribution in [2.24, 2.45) is 7.05 Å². The fourth-order valence-electron chi connectivity index (χ4n) is 1.32. The summed E-state index contributed by atoms with van der Waals surface area (Å²) >= 11 is 7.21. The largest absolute Gasteiger partial charge is 0.332 e. The van der Waals surface area contributed by atoms with Gasteiger partial charge in [0, 0.05) is 30.7 Å². The molecular weight excluding hydrogens is 232 g/mol. The summed E-state index contributed by atoms with van der Waals surface area (Å²) in [7, 11) is 1.81. The van der Waals surface area contributed by atoms with Crippen LogP contribution in [0.25, 0.3) is 0 Å². The lowest BCUT2D eigenvalue weighted by Crippen LogP contribution is -2.09. The predicted molar refractivity (Wildman–Crippen MR) is 60.6 cm³/mol. The second kappa shape index (κ2) is 4.16. The van der Waals surface area contributed by atoms with Gasteiger partial charge in [-0.25, -0.2) is 4.98 Å². The minimum atomic E-state index is 0.0148. The van der Waals surface area contributed by atoms with Crippen molar-refractivity contribution in [3.8, 4) is 0 Å². The van der Waals surface area contributed by atoms with Crippen LogP contribution >= 0.6 is 22.9 Å². The van der Waals surface area contributed by atoms with Crippen molar-refractivity contribution in [2.75, 3.05) is 0 Å². The van der Waals surface area contributed by atoms with Crippen LogP contribution in [0.3, 0.4) is 0 Å². The summed E-state index contributed by atoms with van der Waals surface area (Å²) in [6.07, 6.45) is 3.74. The number of carbonyl (C=O) groups excluding carboxylic acids is 1. The average Bonchev–Trinajstić information content (AvgIpc) is 2.75. The lowest BCUT2D eigenvalue weighted by atomic mass is 10.2. The van der Waals surface area contributed by atoms with Gasteiger partial charge in [0.15, 0.2) is 5.82 Å². The molecule has 0 atom stereocenters. The first kappa shape index (κ1) is 10.4. The second-order valence-electron chi connectivity index (χ2n) is 3.17. The fraction of sp³-hybridized carbons (Fsp3) is 0.200. The number of aryl methyl sites for hydroxylation is 1. The standard InChI is InChI=1S/C10H9ClN2OS/c1-13-5-4-12-10(13)8(14)6-7-2-3-9(11)15-7/h2-5H,6H2,1H3. The van der Waals surface area contributed by atoms with E-state index in [2.05, 4.69) is 4.98 Å². The van der Waals surface area contributed by atoms with Crippen LogP contribution in [-0.4, -0.2) is 15.3 Å². The second-order valence-corrected chi connectivity index (χ2v) is 4.97. The number of nitrogens with zero attached hydrogens (tertiary/aromatic N) is 2. The predicted octanol–water partition coefficient (Wildman–Crippen LogP) is 2.56. The van der Waals surface area contributed by atoms with Gasteiger partial charge >= 0.3 is 0 Å². The van der Waals surface area contributed by atoms with Crippen LogP contribution in [0.2, 0.25) is 4.34 Å². The molecule has 0 aliphatic carbocycles. The number of Topliss-reactive ketones (excluding diaryl/α,β-unsaturated/α-hetero) is 1. The molecule has 5 heteroatoms. The van der Waals surface area contributed by atoms with Crippen LogP contribution in [-0.2, 0) is 13.5 Å². The van der Waals surface area contributed by atoms with Crippen molar-refractivity contribution in [1.82, 2.24) is 9.55 Å². The van der Waals surface area contributed by atoms with Crippen molar-refractivity contribution in [3.63, 3.8) is 0 Å². The summed E-state index contributed by atoms with van der Waals surface area (Å²) in [6, 6.07) is 3.67. The number of ketones is 1. The zero-order chi connectivity index (χ0) is 10.8.